The van der Waals surface area contributed by atoms with Gasteiger partial charge in [-0.05, 0) is 36.4 Å². The molecule has 0 saturated carbocycles. The number of hydrogen-bond donors (Lipinski definition) is 0. The number of hydrogen-bond acceptors (Lipinski definition) is 5. The molecule has 0 unspecified atom stereocenters. The molecule has 0 bridgehead atoms. The Hall–Kier alpha value is -6.08. The van der Waals surface area contributed by atoms with Crippen molar-refractivity contribution >= 4 is 39.0 Å². The van der Waals surface area contributed by atoms with Gasteiger partial charge in [0, 0.05) is 22.1 Å². The van der Waals surface area contributed by atoms with E-state index in [0.29, 0.717) is 17.5 Å². The van der Waals surface area contributed by atoms with Gasteiger partial charge in [-0.2, -0.15) is 0 Å². The highest BCUT2D eigenvalue weighted by molar-refractivity contribution is 6.05. The van der Waals surface area contributed by atoms with Crippen LogP contribution in [0.5, 0.6) is 0 Å². The molecule has 0 saturated heterocycles. The number of benzene rings is 5. The summed E-state index contributed by atoms with van der Waals surface area (Å²) >= 11 is 0. The van der Waals surface area contributed by atoms with Gasteiger partial charge in [0.2, 0.25) is 11.5 Å². The second-order valence-electron chi connectivity index (χ2n) is 10.4. The molecule has 0 fully saturated rings. The van der Waals surface area contributed by atoms with Crippen molar-refractivity contribution in [2.24, 2.45) is 0 Å². The van der Waals surface area contributed by atoms with Crippen molar-refractivity contribution in [2.75, 3.05) is 0 Å². The van der Waals surface area contributed by atoms with Crippen LogP contribution in [0, 0.1) is 0 Å². The van der Waals surface area contributed by atoms with Gasteiger partial charge < -0.3 is 4.42 Å². The van der Waals surface area contributed by atoms with Crippen LogP contribution in [0.2, 0.25) is 0 Å². The highest BCUT2D eigenvalue weighted by Gasteiger charge is 2.23. The molecule has 0 atom stereocenters. The lowest BCUT2D eigenvalue weighted by Crippen LogP contribution is -2.03. The molecule has 0 aliphatic heterocycles. The first-order chi connectivity index (χ1) is 21.3. The summed E-state index contributed by atoms with van der Waals surface area (Å²) in [5, 5.41) is 0.989. The Labute approximate surface area is 245 Å². The van der Waals surface area contributed by atoms with E-state index in [2.05, 4.69) is 39.3 Å². The summed E-state index contributed by atoms with van der Waals surface area (Å²) in [6.07, 6.45) is 0. The van der Waals surface area contributed by atoms with Crippen molar-refractivity contribution in [3.8, 4) is 39.9 Å². The van der Waals surface area contributed by atoms with Crippen molar-refractivity contribution in [1.29, 1.82) is 0 Å². The van der Waals surface area contributed by atoms with E-state index in [4.69, 9.17) is 24.4 Å². The number of para-hydroxylation sites is 4. The zero-order chi connectivity index (χ0) is 28.3. The van der Waals surface area contributed by atoms with Crippen LogP contribution >= 0.6 is 0 Å². The second-order valence-corrected chi connectivity index (χ2v) is 10.4. The number of aromatic nitrogens is 6. The summed E-state index contributed by atoms with van der Waals surface area (Å²) in [5.41, 5.74) is 8.01. The summed E-state index contributed by atoms with van der Waals surface area (Å²) in [4.78, 5) is 20.1. The molecule has 202 valence electrons. The molecule has 5 aromatic carbocycles. The van der Waals surface area contributed by atoms with Gasteiger partial charge in [0.05, 0.1) is 16.7 Å². The molecule has 9 aromatic rings. The van der Waals surface area contributed by atoms with Crippen LogP contribution in [0.4, 0.5) is 0 Å². The predicted molar refractivity (Wildman–Crippen MR) is 169 cm³/mol. The van der Waals surface area contributed by atoms with Gasteiger partial charge in [0.1, 0.15) is 11.1 Å². The summed E-state index contributed by atoms with van der Waals surface area (Å²) in [5.74, 6) is 2.58. The first-order valence-corrected chi connectivity index (χ1v) is 14.1. The van der Waals surface area contributed by atoms with Crippen LogP contribution in [0.15, 0.2) is 138 Å². The van der Waals surface area contributed by atoms with Crippen LogP contribution in [0.1, 0.15) is 0 Å². The molecule has 0 radical (unpaired) electrons. The lowest BCUT2D eigenvalue weighted by atomic mass is 10.1. The number of furan rings is 1. The molecule has 0 aliphatic rings. The van der Waals surface area contributed by atoms with Crippen molar-refractivity contribution in [1.82, 2.24) is 28.9 Å². The molecule has 7 nitrogen and oxygen atoms in total. The minimum absolute atomic E-state index is 0.583. The Bertz CT molecular complexity index is 2400. The molecule has 9 rings (SSSR count). The first-order valence-electron chi connectivity index (χ1n) is 14.1. The van der Waals surface area contributed by atoms with Gasteiger partial charge in [-0.3, -0.25) is 4.57 Å². The van der Waals surface area contributed by atoms with Crippen molar-refractivity contribution in [3.63, 3.8) is 0 Å². The van der Waals surface area contributed by atoms with E-state index in [-0.39, 0.29) is 0 Å². The fourth-order valence-corrected chi connectivity index (χ4v) is 5.86. The van der Waals surface area contributed by atoms with E-state index >= 15 is 0 Å². The van der Waals surface area contributed by atoms with Gasteiger partial charge in [0.15, 0.2) is 17.5 Å². The van der Waals surface area contributed by atoms with Crippen LogP contribution in [0.3, 0.4) is 0 Å². The number of fused-ring (bicyclic) bond motifs is 7. The van der Waals surface area contributed by atoms with E-state index in [1.807, 2.05) is 103 Å². The maximum Gasteiger partial charge on any atom is 0.234 e. The molecule has 4 heterocycles. The number of rotatable bonds is 4. The van der Waals surface area contributed by atoms with Gasteiger partial charge >= 0.3 is 0 Å². The second kappa shape index (κ2) is 9.22. The fourth-order valence-electron chi connectivity index (χ4n) is 5.86. The van der Waals surface area contributed by atoms with Gasteiger partial charge in [-0.25, -0.2) is 24.3 Å². The molecule has 4 aromatic heterocycles. The monoisotopic (exact) mass is 554 g/mol. The standard InChI is InChI=1S/C36H22N6O/c1-3-13-23(14-4-1)32-38-33(24-15-5-2-6-16-24)40-34(39-32)25-17-7-9-19-27(25)41-28-20-10-11-21-29(28)42-35-31(37-36(41)42)26-18-8-12-22-30(26)43-35/h1-22H. The molecule has 7 heteroatoms. The zero-order valence-corrected chi connectivity index (χ0v) is 22.8. The van der Waals surface area contributed by atoms with Crippen molar-refractivity contribution < 1.29 is 4.42 Å². The Balaban J connectivity index is 1.34. The summed E-state index contributed by atoms with van der Waals surface area (Å²) < 4.78 is 10.6. The lowest BCUT2D eigenvalue weighted by molar-refractivity contribution is 0.651. The molecule has 0 aliphatic carbocycles. The SMILES string of the molecule is c1ccc(-c2nc(-c3ccccc3)nc(-c3ccccc3-n3c4ccccc4n4c5oc6ccccc6c5nc34)n2)cc1. The van der Waals surface area contributed by atoms with Gasteiger partial charge in [0.25, 0.3) is 0 Å². The van der Waals surface area contributed by atoms with Crippen molar-refractivity contribution in [3.05, 3.63) is 133 Å². The van der Waals surface area contributed by atoms with Gasteiger partial charge in [-0.15, -0.1) is 0 Å². The summed E-state index contributed by atoms with van der Waals surface area (Å²) in [6, 6.07) is 44.5. The van der Waals surface area contributed by atoms with E-state index in [1.165, 1.54) is 0 Å². The largest absolute Gasteiger partial charge is 0.437 e. The first kappa shape index (κ1) is 23.6. The number of imidazole rings is 2. The number of nitrogens with zero attached hydrogens (tertiary/aromatic N) is 6. The minimum atomic E-state index is 0.583. The third kappa shape index (κ3) is 3.62. The Kier molecular flexibility index (Phi) is 5.06. The average Bonchev–Trinajstić information content (AvgIpc) is 3.72. The lowest BCUT2D eigenvalue weighted by Gasteiger charge is -2.13. The van der Waals surface area contributed by atoms with Crippen LogP contribution in [-0.4, -0.2) is 28.9 Å². The van der Waals surface area contributed by atoms with E-state index in [9.17, 15) is 0 Å². The Morgan fingerprint density at radius 1 is 0.488 bits per heavy atom. The zero-order valence-electron chi connectivity index (χ0n) is 22.8. The highest BCUT2D eigenvalue weighted by atomic mass is 16.3. The van der Waals surface area contributed by atoms with Crippen molar-refractivity contribution in [2.45, 2.75) is 0 Å². The topological polar surface area (TPSA) is 74.0 Å². The molecular weight excluding hydrogens is 532 g/mol. The Morgan fingerprint density at radius 2 is 1.07 bits per heavy atom. The molecule has 0 amide bonds. The maximum atomic E-state index is 6.36. The molecule has 0 spiro atoms. The quantitative estimate of drug-likeness (QED) is 0.219. The predicted octanol–water partition coefficient (Wildman–Crippen LogP) is 8.36. The van der Waals surface area contributed by atoms with Crippen LogP contribution < -0.4 is 0 Å². The normalized spacial score (nSPS) is 11.7. The van der Waals surface area contributed by atoms with E-state index in [1.54, 1.807) is 0 Å². The third-order valence-electron chi connectivity index (χ3n) is 7.82. The summed E-state index contributed by atoms with van der Waals surface area (Å²) in [7, 11) is 0. The summed E-state index contributed by atoms with van der Waals surface area (Å²) in [6.45, 7) is 0. The van der Waals surface area contributed by atoms with Gasteiger partial charge in [-0.1, -0.05) is 97.1 Å². The molecule has 0 N–H and O–H groups in total. The Morgan fingerprint density at radius 3 is 1.81 bits per heavy atom. The van der Waals surface area contributed by atoms with E-state index in [0.717, 1.165) is 61.4 Å². The molecule has 43 heavy (non-hydrogen) atoms. The van der Waals surface area contributed by atoms with E-state index < -0.39 is 0 Å². The van der Waals surface area contributed by atoms with Crippen LogP contribution in [-0.2, 0) is 0 Å². The third-order valence-corrected chi connectivity index (χ3v) is 7.82. The van der Waals surface area contributed by atoms with Crippen LogP contribution in [0.25, 0.3) is 78.9 Å². The maximum absolute atomic E-state index is 6.36. The highest BCUT2D eigenvalue weighted by Crippen LogP contribution is 2.36. The smallest absolute Gasteiger partial charge is 0.234 e. The average molecular weight is 555 g/mol. The minimum Gasteiger partial charge on any atom is -0.437 e. The fraction of sp³-hybridized carbons (Fsp3) is 0. The molecular formula is C36H22N6O.